The summed E-state index contributed by atoms with van der Waals surface area (Å²) in [5.41, 5.74) is 0.814. The van der Waals surface area contributed by atoms with E-state index in [4.69, 9.17) is 0 Å². The number of thiazole rings is 1. The molecule has 0 spiro atoms. The number of hydrogen-bond acceptors (Lipinski definition) is 3. The van der Waals surface area contributed by atoms with E-state index in [1.807, 2.05) is 45.0 Å². The lowest BCUT2D eigenvalue weighted by Gasteiger charge is -2.23. The van der Waals surface area contributed by atoms with Crippen LogP contribution >= 0.6 is 11.3 Å². The van der Waals surface area contributed by atoms with Gasteiger partial charge in [0.2, 0.25) is 0 Å². The average molecular weight is 221 g/mol. The Kier molecular flexibility index (Phi) is 2.52. The van der Waals surface area contributed by atoms with E-state index in [-0.39, 0.29) is 5.41 Å². The predicted molar refractivity (Wildman–Crippen MR) is 64.0 cm³/mol. The number of aliphatic hydroxyl groups is 1. The fraction of sp³-hybridized carbons (Fsp3) is 0.417. The largest absolute Gasteiger partial charge is 0.385 e. The van der Waals surface area contributed by atoms with E-state index < -0.39 is 6.10 Å². The highest BCUT2D eigenvalue weighted by Crippen LogP contribution is 2.36. The Balaban J connectivity index is 2.45. The minimum absolute atomic E-state index is 0.159. The van der Waals surface area contributed by atoms with Gasteiger partial charge in [-0.1, -0.05) is 32.9 Å². The summed E-state index contributed by atoms with van der Waals surface area (Å²) in [4.78, 5) is 4.45. The Hall–Kier alpha value is -0.930. The van der Waals surface area contributed by atoms with Gasteiger partial charge in [-0.3, -0.25) is 0 Å². The van der Waals surface area contributed by atoms with Crippen LogP contribution in [-0.4, -0.2) is 10.1 Å². The summed E-state index contributed by atoms with van der Waals surface area (Å²) < 4.78 is 1.14. The fourth-order valence-electron chi connectivity index (χ4n) is 1.38. The Bertz CT molecular complexity index is 437. The first kappa shape index (κ1) is 10.6. The van der Waals surface area contributed by atoms with E-state index >= 15 is 0 Å². The number of aromatic nitrogens is 1. The van der Waals surface area contributed by atoms with Crippen LogP contribution in [0.15, 0.2) is 24.3 Å². The predicted octanol–water partition coefficient (Wildman–Crippen LogP) is 3.38. The summed E-state index contributed by atoms with van der Waals surface area (Å²) in [5.74, 6) is 0. The van der Waals surface area contributed by atoms with Gasteiger partial charge in [0.05, 0.1) is 10.2 Å². The van der Waals surface area contributed by atoms with Crippen molar-refractivity contribution in [2.45, 2.75) is 26.9 Å². The molecule has 0 saturated heterocycles. The van der Waals surface area contributed by atoms with Crippen molar-refractivity contribution in [2.75, 3.05) is 0 Å². The third-order valence-electron chi connectivity index (χ3n) is 2.36. The molecule has 2 rings (SSSR count). The van der Waals surface area contributed by atoms with Gasteiger partial charge in [0.1, 0.15) is 11.1 Å². The average Bonchev–Trinajstić information content (AvgIpc) is 2.58. The van der Waals surface area contributed by atoms with E-state index in [9.17, 15) is 5.11 Å². The third-order valence-corrected chi connectivity index (χ3v) is 3.45. The van der Waals surface area contributed by atoms with Gasteiger partial charge in [0.25, 0.3) is 0 Å². The molecule has 1 N–H and O–H groups in total. The summed E-state index contributed by atoms with van der Waals surface area (Å²) in [5, 5.41) is 10.9. The van der Waals surface area contributed by atoms with E-state index in [1.165, 1.54) is 0 Å². The van der Waals surface area contributed by atoms with Crippen molar-refractivity contribution in [3.63, 3.8) is 0 Å². The lowest BCUT2D eigenvalue weighted by molar-refractivity contribution is 0.0626. The molecule has 0 bridgehead atoms. The van der Waals surface area contributed by atoms with Crippen LogP contribution in [0.25, 0.3) is 10.2 Å². The molecule has 15 heavy (non-hydrogen) atoms. The van der Waals surface area contributed by atoms with Crippen LogP contribution in [-0.2, 0) is 0 Å². The number of para-hydroxylation sites is 1. The fourth-order valence-corrected chi connectivity index (χ4v) is 2.58. The molecule has 0 fully saturated rings. The van der Waals surface area contributed by atoms with Crippen LogP contribution in [0.5, 0.6) is 0 Å². The Morgan fingerprint density at radius 1 is 1.27 bits per heavy atom. The highest BCUT2D eigenvalue weighted by atomic mass is 32.1. The number of rotatable bonds is 1. The Labute approximate surface area is 93.6 Å². The first-order valence-corrected chi connectivity index (χ1v) is 5.83. The summed E-state index contributed by atoms with van der Waals surface area (Å²) in [6.07, 6.45) is -0.491. The van der Waals surface area contributed by atoms with Gasteiger partial charge >= 0.3 is 0 Å². The van der Waals surface area contributed by atoms with Crippen LogP contribution in [0, 0.1) is 5.41 Å². The van der Waals surface area contributed by atoms with E-state index in [1.54, 1.807) is 11.3 Å². The summed E-state index contributed by atoms with van der Waals surface area (Å²) in [6, 6.07) is 7.97. The maximum Gasteiger partial charge on any atom is 0.123 e. The van der Waals surface area contributed by atoms with Crippen LogP contribution in [0.2, 0.25) is 0 Å². The second-order valence-corrected chi connectivity index (χ2v) is 5.85. The van der Waals surface area contributed by atoms with E-state index in [0.29, 0.717) is 0 Å². The van der Waals surface area contributed by atoms with Crippen molar-refractivity contribution in [1.29, 1.82) is 0 Å². The van der Waals surface area contributed by atoms with Crippen molar-refractivity contribution in [1.82, 2.24) is 4.98 Å². The standard InChI is InChI=1S/C12H15NOS/c1-12(2,3)10(14)11-13-8-6-4-5-7-9(8)15-11/h4-7,10,14H,1-3H3/t10-/m0/s1. The zero-order valence-corrected chi connectivity index (χ0v) is 10.0. The van der Waals surface area contributed by atoms with Crippen molar-refractivity contribution >= 4 is 21.6 Å². The molecule has 0 saturated carbocycles. The van der Waals surface area contributed by atoms with Gasteiger partial charge in [-0.05, 0) is 17.5 Å². The summed E-state index contributed by atoms with van der Waals surface area (Å²) >= 11 is 1.57. The first-order valence-electron chi connectivity index (χ1n) is 5.02. The smallest absolute Gasteiger partial charge is 0.123 e. The molecule has 3 heteroatoms. The topological polar surface area (TPSA) is 33.1 Å². The van der Waals surface area contributed by atoms with Crippen molar-refractivity contribution in [3.8, 4) is 0 Å². The van der Waals surface area contributed by atoms with Gasteiger partial charge in [0, 0.05) is 0 Å². The molecule has 1 heterocycles. The van der Waals surface area contributed by atoms with Crippen LogP contribution in [0.1, 0.15) is 31.9 Å². The highest BCUT2D eigenvalue weighted by molar-refractivity contribution is 7.18. The molecule has 0 unspecified atom stereocenters. The molecule has 2 aromatic rings. The highest BCUT2D eigenvalue weighted by Gasteiger charge is 2.26. The van der Waals surface area contributed by atoms with Gasteiger partial charge < -0.3 is 5.11 Å². The molecule has 0 aliphatic heterocycles. The maximum absolute atomic E-state index is 10.1. The molecular formula is C12H15NOS. The number of nitrogens with zero attached hydrogens (tertiary/aromatic N) is 1. The van der Waals surface area contributed by atoms with Crippen molar-refractivity contribution in [3.05, 3.63) is 29.3 Å². The SMILES string of the molecule is CC(C)(C)[C@@H](O)c1nc2ccccc2s1. The molecule has 1 atom stereocenters. The van der Waals surface area contributed by atoms with E-state index in [2.05, 4.69) is 4.98 Å². The second kappa shape index (κ2) is 3.58. The molecule has 0 aliphatic carbocycles. The second-order valence-electron chi connectivity index (χ2n) is 4.79. The van der Waals surface area contributed by atoms with Crippen LogP contribution in [0.4, 0.5) is 0 Å². The Morgan fingerprint density at radius 3 is 2.53 bits per heavy atom. The minimum Gasteiger partial charge on any atom is -0.385 e. The lowest BCUT2D eigenvalue weighted by atomic mass is 9.90. The number of aliphatic hydroxyl groups excluding tert-OH is 1. The number of benzene rings is 1. The molecule has 0 aliphatic rings. The summed E-state index contributed by atoms with van der Waals surface area (Å²) in [6.45, 7) is 6.05. The normalized spacial score (nSPS) is 14.4. The van der Waals surface area contributed by atoms with Gasteiger partial charge in [-0.25, -0.2) is 4.98 Å². The summed E-state index contributed by atoms with van der Waals surface area (Å²) in [7, 11) is 0. The maximum atomic E-state index is 10.1. The number of hydrogen-bond donors (Lipinski definition) is 1. The van der Waals surface area contributed by atoms with Gasteiger partial charge in [-0.2, -0.15) is 0 Å². The van der Waals surface area contributed by atoms with Crippen LogP contribution in [0.3, 0.4) is 0 Å². The first-order chi connectivity index (χ1) is 6.98. The minimum atomic E-state index is -0.491. The zero-order chi connectivity index (χ0) is 11.1. The lowest BCUT2D eigenvalue weighted by Crippen LogP contribution is -2.17. The number of fused-ring (bicyclic) bond motifs is 1. The molecule has 0 amide bonds. The van der Waals surface area contributed by atoms with Gasteiger partial charge in [-0.15, -0.1) is 11.3 Å². The molecular weight excluding hydrogens is 206 g/mol. The molecule has 1 aromatic carbocycles. The quantitative estimate of drug-likeness (QED) is 0.800. The monoisotopic (exact) mass is 221 g/mol. The third kappa shape index (κ3) is 2.03. The van der Waals surface area contributed by atoms with Crippen LogP contribution < -0.4 is 0 Å². The zero-order valence-electron chi connectivity index (χ0n) is 9.19. The molecule has 2 nitrogen and oxygen atoms in total. The molecule has 80 valence electrons. The molecule has 1 aromatic heterocycles. The van der Waals surface area contributed by atoms with Crippen molar-refractivity contribution in [2.24, 2.45) is 5.41 Å². The molecule has 0 radical (unpaired) electrons. The Morgan fingerprint density at radius 2 is 1.93 bits per heavy atom. The van der Waals surface area contributed by atoms with E-state index in [0.717, 1.165) is 15.2 Å². The van der Waals surface area contributed by atoms with Gasteiger partial charge in [0.15, 0.2) is 0 Å². The van der Waals surface area contributed by atoms with Crippen molar-refractivity contribution < 1.29 is 5.11 Å².